The summed E-state index contributed by atoms with van der Waals surface area (Å²) in [5.74, 6) is 0.796. The van der Waals surface area contributed by atoms with E-state index in [4.69, 9.17) is 20.8 Å². The molecule has 6 heteroatoms. The number of ketones is 1. The Kier molecular flexibility index (Phi) is 5.39. The number of amides is 1. The van der Waals surface area contributed by atoms with Crippen LogP contribution in [0.15, 0.2) is 65.1 Å². The van der Waals surface area contributed by atoms with Gasteiger partial charge >= 0.3 is 0 Å². The molecule has 0 aliphatic heterocycles. The summed E-state index contributed by atoms with van der Waals surface area (Å²) in [6, 6.07) is 17.0. The van der Waals surface area contributed by atoms with E-state index in [9.17, 15) is 9.59 Å². The third kappa shape index (κ3) is 4.32. The van der Waals surface area contributed by atoms with Gasteiger partial charge in [0.15, 0.2) is 11.5 Å². The van der Waals surface area contributed by atoms with Crippen molar-refractivity contribution in [2.24, 2.45) is 0 Å². The number of Topliss-reactive ketones (excluding diaryl/α,β-unsaturated/α-hetero) is 1. The number of hydrogen-bond donors (Lipinski definition) is 1. The van der Waals surface area contributed by atoms with E-state index in [1.54, 1.807) is 48.5 Å². The molecule has 0 aliphatic carbocycles. The fourth-order valence-corrected chi connectivity index (χ4v) is 2.46. The fourth-order valence-electron chi connectivity index (χ4n) is 2.27. The molecule has 0 unspecified atom stereocenters. The van der Waals surface area contributed by atoms with Gasteiger partial charge in [0.2, 0.25) is 0 Å². The Hall–Kier alpha value is -3.05. The summed E-state index contributed by atoms with van der Waals surface area (Å²) in [5.41, 5.74) is 1.16. The van der Waals surface area contributed by atoms with Crippen LogP contribution in [0.4, 0.5) is 5.69 Å². The third-order valence-corrected chi connectivity index (χ3v) is 3.95. The summed E-state index contributed by atoms with van der Waals surface area (Å²) in [6.45, 7) is 1.65. The number of hydrogen-bond acceptors (Lipinski definition) is 4. The van der Waals surface area contributed by atoms with Crippen molar-refractivity contribution in [3.05, 3.63) is 82.8 Å². The molecule has 0 spiro atoms. The highest BCUT2D eigenvalue weighted by atomic mass is 35.5. The number of rotatable bonds is 6. The second kappa shape index (κ2) is 7.89. The first-order valence-electron chi connectivity index (χ1n) is 7.91. The quantitative estimate of drug-likeness (QED) is 0.623. The molecule has 1 amide bonds. The number of halogens is 1. The average molecular weight is 370 g/mol. The second-order valence-corrected chi connectivity index (χ2v) is 5.98. The molecule has 26 heavy (non-hydrogen) atoms. The summed E-state index contributed by atoms with van der Waals surface area (Å²) in [5, 5.41) is 3.22. The van der Waals surface area contributed by atoms with Crippen LogP contribution >= 0.6 is 11.6 Å². The number of nitrogens with one attached hydrogen (secondary N) is 1. The van der Waals surface area contributed by atoms with Crippen molar-refractivity contribution < 1.29 is 18.7 Å². The number of ether oxygens (including phenoxy) is 1. The highest BCUT2D eigenvalue weighted by Crippen LogP contribution is 2.24. The van der Waals surface area contributed by atoms with Gasteiger partial charge in [-0.15, -0.1) is 0 Å². The summed E-state index contributed by atoms with van der Waals surface area (Å²) in [4.78, 5) is 23.5. The van der Waals surface area contributed by atoms with E-state index >= 15 is 0 Å². The van der Waals surface area contributed by atoms with Crippen LogP contribution in [0, 0.1) is 0 Å². The van der Waals surface area contributed by atoms with E-state index < -0.39 is 0 Å². The van der Waals surface area contributed by atoms with Gasteiger partial charge in [-0.1, -0.05) is 23.7 Å². The smallest absolute Gasteiger partial charge is 0.291 e. The highest BCUT2D eigenvalue weighted by Gasteiger charge is 2.12. The molecule has 2 aromatic carbocycles. The van der Waals surface area contributed by atoms with Crippen LogP contribution in [-0.4, -0.2) is 11.7 Å². The van der Waals surface area contributed by atoms with Crippen LogP contribution in [0.3, 0.4) is 0 Å². The van der Waals surface area contributed by atoms with Gasteiger partial charge in [-0.2, -0.15) is 0 Å². The van der Waals surface area contributed by atoms with E-state index in [0.29, 0.717) is 27.8 Å². The Bertz CT molecular complexity index is 931. The van der Waals surface area contributed by atoms with Crippen LogP contribution < -0.4 is 10.1 Å². The lowest BCUT2D eigenvalue weighted by molar-refractivity contribution is 0.0990. The SMILES string of the molecule is CC(=O)c1ccc(NC(=O)c2ccc(COc3ccccc3Cl)o2)cc1. The lowest BCUT2D eigenvalue weighted by atomic mass is 10.1. The number of furan rings is 1. The predicted molar refractivity (Wildman–Crippen MR) is 98.9 cm³/mol. The molecule has 0 fully saturated rings. The Morgan fingerprint density at radius 1 is 1.04 bits per heavy atom. The Morgan fingerprint density at radius 2 is 1.77 bits per heavy atom. The lowest BCUT2D eigenvalue weighted by Crippen LogP contribution is -2.11. The van der Waals surface area contributed by atoms with E-state index in [1.165, 1.54) is 6.92 Å². The van der Waals surface area contributed by atoms with E-state index in [1.807, 2.05) is 12.1 Å². The minimum Gasteiger partial charge on any atom is -0.484 e. The van der Waals surface area contributed by atoms with Gasteiger partial charge in [-0.25, -0.2) is 0 Å². The predicted octanol–water partition coefficient (Wildman–Crippen LogP) is 4.97. The van der Waals surface area contributed by atoms with Gasteiger partial charge in [-0.05, 0) is 55.5 Å². The Morgan fingerprint density at radius 3 is 2.46 bits per heavy atom. The first-order valence-corrected chi connectivity index (χ1v) is 8.29. The minimum atomic E-state index is -0.385. The molecule has 1 heterocycles. The molecule has 1 aromatic heterocycles. The number of carbonyl (C=O) groups excluding carboxylic acids is 2. The highest BCUT2D eigenvalue weighted by molar-refractivity contribution is 6.32. The van der Waals surface area contributed by atoms with Gasteiger partial charge < -0.3 is 14.5 Å². The lowest BCUT2D eigenvalue weighted by Gasteiger charge is -2.06. The molecule has 0 atom stereocenters. The molecular weight excluding hydrogens is 354 g/mol. The van der Waals surface area contributed by atoms with Crippen LogP contribution in [0.25, 0.3) is 0 Å². The van der Waals surface area contributed by atoms with Gasteiger partial charge in [0.05, 0.1) is 5.02 Å². The standard InChI is InChI=1S/C20H16ClNO4/c1-13(23)14-6-8-15(9-7-14)22-20(24)19-11-10-16(26-19)12-25-18-5-3-2-4-17(18)21/h2-11H,12H2,1H3,(H,22,24). The van der Waals surface area contributed by atoms with E-state index in [-0.39, 0.29) is 24.1 Å². The maximum Gasteiger partial charge on any atom is 0.291 e. The molecule has 0 radical (unpaired) electrons. The zero-order valence-corrected chi connectivity index (χ0v) is 14.7. The van der Waals surface area contributed by atoms with Crippen molar-refractivity contribution >= 4 is 29.0 Å². The van der Waals surface area contributed by atoms with Crippen LogP contribution in [0.1, 0.15) is 33.6 Å². The average Bonchev–Trinajstić information content (AvgIpc) is 3.11. The van der Waals surface area contributed by atoms with Gasteiger partial charge in [0.25, 0.3) is 5.91 Å². The fraction of sp³-hybridized carbons (Fsp3) is 0.100. The molecule has 0 saturated carbocycles. The minimum absolute atomic E-state index is 0.0305. The number of benzene rings is 2. The monoisotopic (exact) mass is 369 g/mol. The first-order chi connectivity index (χ1) is 12.5. The maximum atomic E-state index is 12.2. The summed E-state index contributed by atoms with van der Waals surface area (Å²) in [6.07, 6.45) is 0. The molecule has 1 N–H and O–H groups in total. The molecule has 0 bridgehead atoms. The number of para-hydroxylation sites is 1. The summed E-state index contributed by atoms with van der Waals surface area (Å²) < 4.78 is 11.1. The third-order valence-electron chi connectivity index (χ3n) is 3.64. The van der Waals surface area contributed by atoms with Crippen molar-refractivity contribution in [2.75, 3.05) is 5.32 Å². The molecule has 132 valence electrons. The molecule has 3 rings (SSSR count). The van der Waals surface area contributed by atoms with E-state index in [2.05, 4.69) is 5.32 Å². The maximum absolute atomic E-state index is 12.2. The Labute approximate surface area is 155 Å². The normalized spacial score (nSPS) is 10.4. The van der Waals surface area contributed by atoms with Gasteiger partial charge in [0, 0.05) is 11.3 Å². The first kappa shape index (κ1) is 17.8. The second-order valence-electron chi connectivity index (χ2n) is 5.57. The van der Waals surface area contributed by atoms with Crippen molar-refractivity contribution in [3.63, 3.8) is 0 Å². The number of anilines is 1. The zero-order chi connectivity index (χ0) is 18.5. The molecular formula is C20H16ClNO4. The van der Waals surface area contributed by atoms with Crippen LogP contribution in [-0.2, 0) is 6.61 Å². The van der Waals surface area contributed by atoms with Crippen LogP contribution in [0.2, 0.25) is 5.02 Å². The van der Waals surface area contributed by atoms with Crippen molar-refractivity contribution in [1.29, 1.82) is 0 Å². The van der Waals surface area contributed by atoms with Crippen molar-refractivity contribution in [1.82, 2.24) is 0 Å². The largest absolute Gasteiger partial charge is 0.484 e. The van der Waals surface area contributed by atoms with Crippen molar-refractivity contribution in [3.8, 4) is 5.75 Å². The molecule has 0 aliphatic rings. The topological polar surface area (TPSA) is 68.5 Å². The molecule has 5 nitrogen and oxygen atoms in total. The molecule has 3 aromatic rings. The number of carbonyl (C=O) groups is 2. The van der Waals surface area contributed by atoms with Gasteiger partial charge in [-0.3, -0.25) is 9.59 Å². The summed E-state index contributed by atoms with van der Waals surface area (Å²) in [7, 11) is 0. The van der Waals surface area contributed by atoms with E-state index in [0.717, 1.165) is 0 Å². The molecule has 0 saturated heterocycles. The summed E-state index contributed by atoms with van der Waals surface area (Å²) >= 11 is 6.03. The van der Waals surface area contributed by atoms with Crippen LogP contribution in [0.5, 0.6) is 5.75 Å². The Balaban J connectivity index is 1.60. The van der Waals surface area contributed by atoms with Crippen molar-refractivity contribution in [2.45, 2.75) is 13.5 Å². The van der Waals surface area contributed by atoms with Gasteiger partial charge in [0.1, 0.15) is 18.1 Å². The zero-order valence-electron chi connectivity index (χ0n) is 14.0.